The Morgan fingerprint density at radius 2 is 2.09 bits per heavy atom. The van der Waals surface area contributed by atoms with Crippen molar-refractivity contribution >= 4 is 11.9 Å². The zero-order valence-electron chi connectivity index (χ0n) is 13.5. The number of rotatable bonds is 5. The molecule has 0 spiro atoms. The van der Waals surface area contributed by atoms with Crippen LogP contribution in [0.25, 0.3) is 0 Å². The summed E-state index contributed by atoms with van der Waals surface area (Å²) in [6.07, 6.45) is 2.69. The van der Waals surface area contributed by atoms with Crippen LogP contribution in [0.15, 0.2) is 24.3 Å². The monoisotopic (exact) mass is 314 g/mol. The van der Waals surface area contributed by atoms with Crippen molar-refractivity contribution in [2.75, 3.05) is 19.7 Å². The molecule has 0 radical (unpaired) electrons. The van der Waals surface area contributed by atoms with E-state index in [2.05, 4.69) is 6.07 Å². The fraction of sp³-hybridized carbons (Fsp3) is 0.500. The number of carbonyl (C=O) groups excluding carboxylic acids is 2. The number of likely N-dealkylation sites (tertiary alicyclic amines) is 1. The summed E-state index contributed by atoms with van der Waals surface area (Å²) in [6, 6.07) is 9.36. The zero-order chi connectivity index (χ0) is 16.7. The van der Waals surface area contributed by atoms with E-state index in [0.717, 1.165) is 18.4 Å². The number of aryl methyl sites for hydroxylation is 1. The van der Waals surface area contributed by atoms with Crippen LogP contribution < -0.4 is 0 Å². The summed E-state index contributed by atoms with van der Waals surface area (Å²) in [5.41, 5.74) is 1.66. The molecule has 1 heterocycles. The van der Waals surface area contributed by atoms with Crippen LogP contribution in [-0.2, 0) is 20.7 Å². The standard InChI is InChI=1S/C18H22N2O3/c1-2-23-18(22)16-4-3-11-20(13-16)17(21)10-9-14-5-7-15(12-19)8-6-14/h5-8,16H,2-4,9-11,13H2,1H3. The normalized spacial score (nSPS) is 17.4. The quantitative estimate of drug-likeness (QED) is 0.782. The minimum Gasteiger partial charge on any atom is -0.466 e. The van der Waals surface area contributed by atoms with Gasteiger partial charge in [-0.15, -0.1) is 0 Å². The summed E-state index contributed by atoms with van der Waals surface area (Å²) in [4.78, 5) is 25.9. The van der Waals surface area contributed by atoms with Crippen LogP contribution in [-0.4, -0.2) is 36.5 Å². The van der Waals surface area contributed by atoms with Gasteiger partial charge in [0.15, 0.2) is 0 Å². The first-order chi connectivity index (χ1) is 11.1. The Morgan fingerprint density at radius 1 is 1.35 bits per heavy atom. The van der Waals surface area contributed by atoms with Crippen LogP contribution in [0.5, 0.6) is 0 Å². The maximum atomic E-state index is 12.3. The number of nitriles is 1. The summed E-state index contributed by atoms with van der Waals surface area (Å²) in [5.74, 6) is -0.317. The van der Waals surface area contributed by atoms with Crippen LogP contribution in [0.2, 0.25) is 0 Å². The molecule has 1 aliphatic heterocycles. The van der Waals surface area contributed by atoms with E-state index in [1.165, 1.54) is 0 Å². The van der Waals surface area contributed by atoms with Gasteiger partial charge in [-0.05, 0) is 43.9 Å². The second-order valence-electron chi connectivity index (χ2n) is 5.74. The third-order valence-corrected chi connectivity index (χ3v) is 4.10. The van der Waals surface area contributed by atoms with Gasteiger partial charge in [-0.25, -0.2) is 0 Å². The molecule has 1 aliphatic rings. The van der Waals surface area contributed by atoms with E-state index >= 15 is 0 Å². The van der Waals surface area contributed by atoms with Crippen LogP contribution in [0.1, 0.15) is 37.3 Å². The molecule has 5 nitrogen and oxygen atoms in total. The number of hydrogen-bond donors (Lipinski definition) is 0. The van der Waals surface area contributed by atoms with Gasteiger partial charge >= 0.3 is 5.97 Å². The van der Waals surface area contributed by atoms with Crippen molar-refractivity contribution in [3.05, 3.63) is 35.4 Å². The van der Waals surface area contributed by atoms with Crippen LogP contribution in [0.3, 0.4) is 0 Å². The lowest BCUT2D eigenvalue weighted by molar-refractivity contribution is -0.151. The molecule has 23 heavy (non-hydrogen) atoms. The fourth-order valence-electron chi connectivity index (χ4n) is 2.81. The summed E-state index contributed by atoms with van der Waals surface area (Å²) in [7, 11) is 0. The Bertz CT molecular complexity index is 589. The largest absolute Gasteiger partial charge is 0.466 e. The van der Waals surface area contributed by atoms with Gasteiger partial charge in [-0.3, -0.25) is 9.59 Å². The number of hydrogen-bond acceptors (Lipinski definition) is 4. The maximum absolute atomic E-state index is 12.3. The van der Waals surface area contributed by atoms with Crippen molar-refractivity contribution in [3.8, 4) is 6.07 Å². The molecule has 0 bridgehead atoms. The molecule has 0 aliphatic carbocycles. The molecule has 1 unspecified atom stereocenters. The summed E-state index contributed by atoms with van der Waals surface area (Å²) in [6.45, 7) is 3.34. The Hall–Kier alpha value is -2.35. The number of benzene rings is 1. The minimum atomic E-state index is -0.197. The highest BCUT2D eigenvalue weighted by Crippen LogP contribution is 2.19. The van der Waals surface area contributed by atoms with Gasteiger partial charge in [-0.2, -0.15) is 5.26 Å². The van der Waals surface area contributed by atoms with Crippen molar-refractivity contribution in [1.82, 2.24) is 4.90 Å². The van der Waals surface area contributed by atoms with Crippen molar-refractivity contribution in [2.24, 2.45) is 5.92 Å². The maximum Gasteiger partial charge on any atom is 0.310 e. The van der Waals surface area contributed by atoms with E-state index in [-0.39, 0.29) is 17.8 Å². The SMILES string of the molecule is CCOC(=O)C1CCCN(C(=O)CCc2ccc(C#N)cc2)C1. The van der Waals surface area contributed by atoms with E-state index in [4.69, 9.17) is 10.00 Å². The molecule has 1 amide bonds. The third kappa shape index (κ3) is 4.82. The number of ether oxygens (including phenoxy) is 1. The average molecular weight is 314 g/mol. The minimum absolute atomic E-state index is 0.0726. The van der Waals surface area contributed by atoms with Gasteiger partial charge in [0, 0.05) is 19.5 Å². The highest BCUT2D eigenvalue weighted by Gasteiger charge is 2.28. The second-order valence-corrected chi connectivity index (χ2v) is 5.74. The summed E-state index contributed by atoms with van der Waals surface area (Å²) >= 11 is 0. The summed E-state index contributed by atoms with van der Waals surface area (Å²) in [5, 5.41) is 8.78. The molecule has 2 rings (SSSR count). The van der Waals surface area contributed by atoms with Crippen molar-refractivity contribution in [1.29, 1.82) is 5.26 Å². The van der Waals surface area contributed by atoms with Gasteiger partial charge in [0.1, 0.15) is 0 Å². The van der Waals surface area contributed by atoms with E-state index in [0.29, 0.717) is 38.1 Å². The van der Waals surface area contributed by atoms with E-state index in [9.17, 15) is 9.59 Å². The van der Waals surface area contributed by atoms with Crippen molar-refractivity contribution < 1.29 is 14.3 Å². The van der Waals surface area contributed by atoms with Gasteiger partial charge in [0.2, 0.25) is 5.91 Å². The van der Waals surface area contributed by atoms with E-state index < -0.39 is 0 Å². The zero-order valence-corrected chi connectivity index (χ0v) is 13.5. The first kappa shape index (κ1) is 17.0. The molecule has 5 heteroatoms. The lowest BCUT2D eigenvalue weighted by Gasteiger charge is -2.31. The number of amides is 1. The average Bonchev–Trinajstić information content (AvgIpc) is 2.60. The highest BCUT2D eigenvalue weighted by molar-refractivity contribution is 5.78. The molecule has 1 aromatic carbocycles. The van der Waals surface area contributed by atoms with Crippen molar-refractivity contribution in [3.63, 3.8) is 0 Å². The lowest BCUT2D eigenvalue weighted by atomic mass is 9.97. The summed E-state index contributed by atoms with van der Waals surface area (Å²) < 4.78 is 5.06. The predicted molar refractivity (Wildman–Crippen MR) is 85.4 cm³/mol. The molecule has 122 valence electrons. The first-order valence-electron chi connectivity index (χ1n) is 8.07. The predicted octanol–water partition coefficient (Wildman–Crippen LogP) is 2.29. The van der Waals surface area contributed by atoms with Crippen molar-refractivity contribution in [2.45, 2.75) is 32.6 Å². The molecule has 0 aromatic heterocycles. The molecular formula is C18H22N2O3. The van der Waals surface area contributed by atoms with E-state index in [1.54, 1.807) is 24.0 Å². The smallest absolute Gasteiger partial charge is 0.310 e. The first-order valence-corrected chi connectivity index (χ1v) is 8.07. The number of piperidine rings is 1. The van der Waals surface area contributed by atoms with Crippen LogP contribution in [0, 0.1) is 17.2 Å². The van der Waals surface area contributed by atoms with Crippen LogP contribution in [0.4, 0.5) is 0 Å². The number of esters is 1. The molecule has 0 N–H and O–H groups in total. The lowest BCUT2D eigenvalue weighted by Crippen LogP contribution is -2.42. The van der Waals surface area contributed by atoms with Gasteiger partial charge in [0.25, 0.3) is 0 Å². The molecule has 1 saturated heterocycles. The molecule has 1 aromatic rings. The molecule has 0 saturated carbocycles. The number of nitrogens with zero attached hydrogens (tertiary/aromatic N) is 2. The second kappa shape index (κ2) is 8.33. The molecular weight excluding hydrogens is 292 g/mol. The Morgan fingerprint density at radius 3 is 2.74 bits per heavy atom. The fourth-order valence-corrected chi connectivity index (χ4v) is 2.81. The third-order valence-electron chi connectivity index (χ3n) is 4.10. The number of carbonyl (C=O) groups is 2. The highest BCUT2D eigenvalue weighted by atomic mass is 16.5. The van der Waals surface area contributed by atoms with E-state index in [1.807, 2.05) is 12.1 Å². The Kier molecular flexibility index (Phi) is 6.16. The Labute approximate surface area is 136 Å². The molecule has 1 fully saturated rings. The van der Waals surface area contributed by atoms with Gasteiger partial charge in [0.05, 0.1) is 24.2 Å². The van der Waals surface area contributed by atoms with Gasteiger partial charge < -0.3 is 9.64 Å². The topological polar surface area (TPSA) is 70.4 Å². The molecule has 1 atom stereocenters. The van der Waals surface area contributed by atoms with Gasteiger partial charge in [-0.1, -0.05) is 12.1 Å². The van der Waals surface area contributed by atoms with Crippen LogP contribution >= 0.6 is 0 Å². The Balaban J connectivity index is 1.84.